The number of rotatable bonds is 8. The number of nitrogens with one attached hydrogen (secondary N) is 2. The van der Waals surface area contributed by atoms with Crippen LogP contribution in [0.3, 0.4) is 0 Å². The third kappa shape index (κ3) is 4.51. The van der Waals surface area contributed by atoms with Crippen LogP contribution >= 0.6 is 0 Å². The molecule has 3 aromatic rings. The lowest BCUT2D eigenvalue weighted by atomic mass is 10.1. The number of nitrogens with zero attached hydrogens (tertiary/aromatic N) is 5. The van der Waals surface area contributed by atoms with E-state index in [2.05, 4.69) is 20.8 Å². The molecule has 13 nitrogen and oxygen atoms in total. The Labute approximate surface area is 180 Å². The topological polar surface area (TPSA) is 166 Å². The quantitative estimate of drug-likeness (QED) is 0.300. The average Bonchev–Trinajstić information content (AvgIpc) is 2.81. The molecule has 0 fully saturated rings. The average molecular weight is 439 g/mol. The van der Waals surface area contributed by atoms with Gasteiger partial charge in [0.25, 0.3) is 5.69 Å². The standard InChI is InChI=1S/C19H17N7O6/c1-24(15-6-4-3-5-14(15)19(27)32-2)18-16(26(30)31)17(20-11-21-18)23-22-12-7-9-13(10-8-12)25(28)29/h3-11,22H,1-2H3,(H,20,21,23). The fraction of sp³-hybridized carbons (Fsp3) is 0.105. The molecule has 13 heteroatoms. The molecule has 0 radical (unpaired) electrons. The van der Waals surface area contributed by atoms with Crippen LogP contribution in [-0.4, -0.2) is 39.9 Å². The third-order valence-electron chi connectivity index (χ3n) is 4.38. The zero-order valence-electron chi connectivity index (χ0n) is 16.9. The fourth-order valence-electron chi connectivity index (χ4n) is 2.84. The summed E-state index contributed by atoms with van der Waals surface area (Å²) in [5, 5.41) is 22.6. The van der Waals surface area contributed by atoms with Gasteiger partial charge in [-0.3, -0.25) is 31.1 Å². The van der Waals surface area contributed by atoms with Crippen molar-refractivity contribution in [3.05, 3.63) is 80.7 Å². The zero-order chi connectivity index (χ0) is 23.3. The highest BCUT2D eigenvalue weighted by Gasteiger charge is 2.28. The summed E-state index contributed by atoms with van der Waals surface area (Å²) in [5.74, 6) is -0.836. The molecule has 1 heterocycles. The number of carbonyl (C=O) groups excluding carboxylic acids is 1. The van der Waals surface area contributed by atoms with Crippen molar-refractivity contribution in [1.82, 2.24) is 9.97 Å². The van der Waals surface area contributed by atoms with E-state index < -0.39 is 21.5 Å². The number of nitro groups is 2. The number of hydrogen-bond donors (Lipinski definition) is 2. The predicted molar refractivity (Wildman–Crippen MR) is 115 cm³/mol. The van der Waals surface area contributed by atoms with Crippen molar-refractivity contribution < 1.29 is 19.4 Å². The Morgan fingerprint density at radius 1 is 1.00 bits per heavy atom. The molecule has 0 aliphatic rings. The molecule has 0 unspecified atom stereocenters. The third-order valence-corrected chi connectivity index (χ3v) is 4.38. The Morgan fingerprint density at radius 3 is 2.31 bits per heavy atom. The van der Waals surface area contributed by atoms with Gasteiger partial charge in [-0.2, -0.15) is 0 Å². The van der Waals surface area contributed by atoms with Crippen molar-refractivity contribution >= 4 is 40.4 Å². The first-order chi connectivity index (χ1) is 15.3. The smallest absolute Gasteiger partial charge is 0.355 e. The van der Waals surface area contributed by atoms with Gasteiger partial charge in [0, 0.05) is 19.2 Å². The van der Waals surface area contributed by atoms with Crippen LogP contribution in [0.5, 0.6) is 0 Å². The van der Waals surface area contributed by atoms with Crippen molar-refractivity contribution in [3.63, 3.8) is 0 Å². The number of para-hydroxylation sites is 1. The summed E-state index contributed by atoms with van der Waals surface area (Å²) < 4.78 is 4.78. The monoisotopic (exact) mass is 439 g/mol. The largest absolute Gasteiger partial charge is 0.465 e. The predicted octanol–water partition coefficient (Wildman–Crippen LogP) is 3.29. The van der Waals surface area contributed by atoms with Crippen molar-refractivity contribution in [2.24, 2.45) is 0 Å². The molecule has 32 heavy (non-hydrogen) atoms. The number of nitro benzene ring substituents is 1. The number of aromatic nitrogens is 2. The highest BCUT2D eigenvalue weighted by atomic mass is 16.6. The first-order valence-electron chi connectivity index (χ1n) is 9.00. The number of anilines is 4. The summed E-state index contributed by atoms with van der Waals surface area (Å²) >= 11 is 0. The van der Waals surface area contributed by atoms with Crippen molar-refractivity contribution in [1.29, 1.82) is 0 Å². The lowest BCUT2D eigenvalue weighted by Crippen LogP contribution is -2.19. The molecule has 0 spiro atoms. The van der Waals surface area contributed by atoms with E-state index in [1.807, 2.05) is 0 Å². The second-order valence-electron chi connectivity index (χ2n) is 6.27. The molecule has 1 aromatic heterocycles. The van der Waals surface area contributed by atoms with E-state index >= 15 is 0 Å². The van der Waals surface area contributed by atoms with Gasteiger partial charge in [-0.25, -0.2) is 14.8 Å². The number of hydrogen-bond acceptors (Lipinski definition) is 11. The van der Waals surface area contributed by atoms with E-state index in [0.717, 1.165) is 6.33 Å². The first kappa shape index (κ1) is 21.9. The molecule has 0 amide bonds. The van der Waals surface area contributed by atoms with Crippen LogP contribution < -0.4 is 15.8 Å². The van der Waals surface area contributed by atoms with Gasteiger partial charge in [-0.1, -0.05) is 12.1 Å². The van der Waals surface area contributed by atoms with Gasteiger partial charge in [0.05, 0.1) is 33.9 Å². The van der Waals surface area contributed by atoms with E-state index in [1.165, 1.54) is 49.4 Å². The molecule has 0 atom stereocenters. The normalized spacial score (nSPS) is 10.2. The van der Waals surface area contributed by atoms with E-state index in [-0.39, 0.29) is 22.9 Å². The maximum atomic E-state index is 12.1. The number of esters is 1. The van der Waals surface area contributed by atoms with Crippen LogP contribution in [0.15, 0.2) is 54.9 Å². The summed E-state index contributed by atoms with van der Waals surface area (Å²) in [7, 11) is 2.75. The fourth-order valence-corrected chi connectivity index (χ4v) is 2.84. The number of benzene rings is 2. The van der Waals surface area contributed by atoms with Gasteiger partial charge >= 0.3 is 11.7 Å². The Balaban J connectivity index is 1.94. The summed E-state index contributed by atoms with van der Waals surface area (Å²) in [5.41, 5.74) is 5.73. The van der Waals surface area contributed by atoms with Crippen molar-refractivity contribution in [2.45, 2.75) is 0 Å². The SMILES string of the molecule is COC(=O)c1ccccc1N(C)c1ncnc(NNc2ccc([N+](=O)[O-])cc2)c1[N+](=O)[O-]. The summed E-state index contributed by atoms with van der Waals surface area (Å²) in [4.78, 5) is 42.8. The van der Waals surface area contributed by atoms with Crippen LogP contribution in [0.1, 0.15) is 10.4 Å². The van der Waals surface area contributed by atoms with E-state index in [1.54, 1.807) is 18.2 Å². The van der Waals surface area contributed by atoms with Gasteiger partial charge in [-0.05, 0) is 24.3 Å². The Morgan fingerprint density at radius 2 is 1.69 bits per heavy atom. The highest BCUT2D eigenvalue weighted by Crippen LogP contribution is 2.36. The van der Waals surface area contributed by atoms with E-state index in [9.17, 15) is 25.0 Å². The van der Waals surface area contributed by atoms with E-state index in [4.69, 9.17) is 4.74 Å². The molecule has 164 valence electrons. The molecule has 0 bridgehead atoms. The van der Waals surface area contributed by atoms with Gasteiger partial charge in [-0.15, -0.1) is 0 Å². The minimum absolute atomic E-state index is 0.0747. The molecular formula is C19H17N7O6. The van der Waals surface area contributed by atoms with Gasteiger partial charge in [0.1, 0.15) is 6.33 Å². The van der Waals surface area contributed by atoms with Gasteiger partial charge < -0.3 is 9.64 Å². The second-order valence-corrected chi connectivity index (χ2v) is 6.27. The molecule has 2 N–H and O–H groups in total. The molecule has 0 aliphatic carbocycles. The summed E-state index contributed by atoms with van der Waals surface area (Å²) in [6.45, 7) is 0. The van der Waals surface area contributed by atoms with Crippen LogP contribution in [0.4, 0.5) is 34.4 Å². The van der Waals surface area contributed by atoms with Crippen LogP contribution in [0.25, 0.3) is 0 Å². The summed E-state index contributed by atoms with van der Waals surface area (Å²) in [6.07, 6.45) is 1.12. The first-order valence-corrected chi connectivity index (χ1v) is 9.00. The maximum Gasteiger partial charge on any atom is 0.355 e. The molecule has 0 saturated carbocycles. The Bertz CT molecular complexity index is 1170. The lowest BCUT2D eigenvalue weighted by Gasteiger charge is -2.21. The van der Waals surface area contributed by atoms with Crippen molar-refractivity contribution in [3.8, 4) is 0 Å². The number of hydrazine groups is 1. The highest BCUT2D eigenvalue weighted by molar-refractivity contribution is 5.97. The second kappa shape index (κ2) is 9.34. The molecule has 0 saturated heterocycles. The molecular weight excluding hydrogens is 422 g/mol. The Kier molecular flexibility index (Phi) is 6.39. The summed E-state index contributed by atoms with van der Waals surface area (Å²) in [6, 6.07) is 11.8. The molecule has 0 aliphatic heterocycles. The minimum atomic E-state index is -0.660. The number of methoxy groups -OCH3 is 1. The van der Waals surface area contributed by atoms with Crippen molar-refractivity contribution in [2.75, 3.05) is 29.9 Å². The molecule has 3 rings (SSSR count). The number of carbonyl (C=O) groups is 1. The lowest BCUT2D eigenvalue weighted by molar-refractivity contribution is -0.384. The minimum Gasteiger partial charge on any atom is -0.465 e. The number of ether oxygens (including phenoxy) is 1. The zero-order valence-corrected chi connectivity index (χ0v) is 16.9. The van der Waals surface area contributed by atoms with Gasteiger partial charge in [0.2, 0.25) is 11.6 Å². The molecule has 2 aromatic carbocycles. The maximum absolute atomic E-state index is 12.1. The van der Waals surface area contributed by atoms with Crippen LogP contribution in [0.2, 0.25) is 0 Å². The Hall–Kier alpha value is -4.81. The van der Waals surface area contributed by atoms with Gasteiger partial charge in [0.15, 0.2) is 0 Å². The van der Waals surface area contributed by atoms with Crippen LogP contribution in [-0.2, 0) is 4.74 Å². The number of non-ortho nitro benzene ring substituents is 1. The van der Waals surface area contributed by atoms with Crippen LogP contribution in [0, 0.1) is 20.2 Å². The van der Waals surface area contributed by atoms with E-state index in [0.29, 0.717) is 11.4 Å².